The van der Waals surface area contributed by atoms with Crippen LogP contribution in [-0.2, 0) is 16.0 Å². The van der Waals surface area contributed by atoms with Crippen molar-refractivity contribution >= 4 is 22.6 Å². The quantitative estimate of drug-likeness (QED) is 0.552. The monoisotopic (exact) mass is 428 g/mol. The molecule has 1 unspecified atom stereocenters. The number of rotatable bonds is 6. The Morgan fingerprint density at radius 3 is 2.50 bits per heavy atom. The third-order valence-electron chi connectivity index (χ3n) is 6.91. The molecule has 2 aliphatic rings. The normalized spacial score (nSPS) is 19.8. The fourth-order valence-corrected chi connectivity index (χ4v) is 5.31. The Morgan fingerprint density at radius 2 is 1.72 bits per heavy atom. The van der Waals surface area contributed by atoms with Crippen LogP contribution in [0.25, 0.3) is 10.9 Å². The van der Waals surface area contributed by atoms with Crippen LogP contribution in [0.4, 0.5) is 0 Å². The maximum atomic E-state index is 13.4. The highest BCUT2D eigenvalue weighted by molar-refractivity contribution is 6.09. The standard InChI is InChI=1S/C27H28N2O3/c30-23(16-15-18-9-3-1-4-10-18)24-25(21-17-28-22-14-8-7-13-20(21)22)29(27(32)26(24)31)19-11-5-2-6-12-19/h1,3-4,7-10,13-14,17,19,25,28,31H,2,5-6,11-12,15-16H2. The second-order valence-corrected chi connectivity index (χ2v) is 8.87. The zero-order valence-corrected chi connectivity index (χ0v) is 18.1. The number of aliphatic hydroxyl groups excluding tert-OH is 1. The molecule has 32 heavy (non-hydrogen) atoms. The van der Waals surface area contributed by atoms with Crippen LogP contribution in [0.2, 0.25) is 0 Å². The largest absolute Gasteiger partial charge is 0.503 e. The minimum Gasteiger partial charge on any atom is -0.503 e. The van der Waals surface area contributed by atoms with Crippen molar-refractivity contribution in [2.75, 3.05) is 0 Å². The van der Waals surface area contributed by atoms with Gasteiger partial charge in [-0.25, -0.2) is 0 Å². The molecule has 2 N–H and O–H groups in total. The minimum atomic E-state index is -0.551. The number of hydrogen-bond donors (Lipinski definition) is 2. The number of fused-ring (bicyclic) bond motifs is 1. The number of Topliss-reactive ketones (excluding diaryl/α,β-unsaturated/α-hetero) is 1. The molecular weight excluding hydrogens is 400 g/mol. The van der Waals surface area contributed by atoms with Crippen molar-refractivity contribution in [1.29, 1.82) is 0 Å². The number of para-hydroxylation sites is 1. The van der Waals surface area contributed by atoms with E-state index in [1.54, 1.807) is 4.90 Å². The third-order valence-corrected chi connectivity index (χ3v) is 6.91. The van der Waals surface area contributed by atoms with Gasteiger partial charge in [0.25, 0.3) is 5.91 Å². The van der Waals surface area contributed by atoms with Gasteiger partial charge in [0.2, 0.25) is 0 Å². The van der Waals surface area contributed by atoms with Gasteiger partial charge >= 0.3 is 0 Å². The number of benzene rings is 2. The van der Waals surface area contributed by atoms with Gasteiger partial charge in [0.15, 0.2) is 11.5 Å². The zero-order chi connectivity index (χ0) is 22.1. The smallest absolute Gasteiger partial charge is 0.290 e. The van der Waals surface area contributed by atoms with Crippen LogP contribution >= 0.6 is 0 Å². The van der Waals surface area contributed by atoms with Crippen LogP contribution < -0.4 is 0 Å². The molecule has 1 amide bonds. The summed E-state index contributed by atoms with van der Waals surface area (Å²) in [5.41, 5.74) is 3.16. The van der Waals surface area contributed by atoms with Crippen molar-refractivity contribution in [2.45, 2.75) is 57.0 Å². The number of hydrogen-bond acceptors (Lipinski definition) is 3. The Hall–Kier alpha value is -3.34. The number of carbonyl (C=O) groups excluding carboxylic acids is 2. The van der Waals surface area contributed by atoms with E-state index in [4.69, 9.17) is 0 Å². The van der Waals surface area contributed by atoms with Crippen LogP contribution in [0.1, 0.15) is 55.7 Å². The number of aromatic amines is 1. The Kier molecular flexibility index (Phi) is 5.56. The van der Waals surface area contributed by atoms with Gasteiger partial charge in [0.1, 0.15) is 0 Å². The Labute approximate surface area is 187 Å². The maximum absolute atomic E-state index is 13.4. The first-order chi connectivity index (χ1) is 15.6. The number of aromatic nitrogens is 1. The van der Waals surface area contributed by atoms with Gasteiger partial charge in [0.05, 0.1) is 11.6 Å². The first-order valence-corrected chi connectivity index (χ1v) is 11.5. The summed E-state index contributed by atoms with van der Waals surface area (Å²) in [6, 6.07) is 17.2. The number of H-pyrrole nitrogens is 1. The van der Waals surface area contributed by atoms with Crippen molar-refractivity contribution in [3.05, 3.63) is 83.3 Å². The first-order valence-electron chi connectivity index (χ1n) is 11.5. The first kappa shape index (κ1) is 20.6. The lowest BCUT2D eigenvalue weighted by Crippen LogP contribution is -2.41. The summed E-state index contributed by atoms with van der Waals surface area (Å²) in [6.07, 6.45) is 7.83. The SMILES string of the molecule is O=C(CCc1ccccc1)C1=C(O)C(=O)N(C2CCCCC2)C1c1c[nH]c2ccccc12. The van der Waals surface area contributed by atoms with E-state index in [-0.39, 0.29) is 29.6 Å². The molecule has 0 spiro atoms. The Morgan fingerprint density at radius 1 is 1.00 bits per heavy atom. The van der Waals surface area contributed by atoms with E-state index >= 15 is 0 Å². The van der Waals surface area contributed by atoms with E-state index < -0.39 is 11.9 Å². The topological polar surface area (TPSA) is 73.4 Å². The molecule has 0 bridgehead atoms. The fourth-order valence-electron chi connectivity index (χ4n) is 5.31. The molecule has 5 heteroatoms. The van der Waals surface area contributed by atoms with E-state index in [1.807, 2.05) is 60.8 Å². The molecule has 2 aromatic carbocycles. The lowest BCUT2D eigenvalue weighted by Gasteiger charge is -2.36. The highest BCUT2D eigenvalue weighted by Crippen LogP contribution is 2.44. The van der Waals surface area contributed by atoms with E-state index in [2.05, 4.69) is 4.98 Å². The molecule has 1 atom stereocenters. The minimum absolute atomic E-state index is 0.0384. The molecule has 2 heterocycles. The Bertz CT molecular complexity index is 1170. The fraction of sp³-hybridized carbons (Fsp3) is 0.333. The molecule has 1 aliphatic heterocycles. The molecular formula is C27H28N2O3. The van der Waals surface area contributed by atoms with Crippen molar-refractivity contribution in [1.82, 2.24) is 9.88 Å². The molecule has 0 radical (unpaired) electrons. The van der Waals surface area contributed by atoms with Crippen LogP contribution in [0.3, 0.4) is 0 Å². The van der Waals surface area contributed by atoms with Crippen molar-refractivity contribution in [3.8, 4) is 0 Å². The predicted octanol–water partition coefficient (Wildman–Crippen LogP) is 5.40. The predicted molar refractivity (Wildman–Crippen MR) is 124 cm³/mol. The summed E-state index contributed by atoms with van der Waals surface area (Å²) in [7, 11) is 0. The number of carbonyl (C=O) groups is 2. The highest BCUT2D eigenvalue weighted by atomic mass is 16.3. The number of nitrogens with one attached hydrogen (secondary N) is 1. The molecule has 1 fully saturated rings. The van der Waals surface area contributed by atoms with E-state index in [0.717, 1.165) is 47.7 Å². The van der Waals surface area contributed by atoms with Crippen molar-refractivity contribution < 1.29 is 14.7 Å². The summed E-state index contributed by atoms with van der Waals surface area (Å²) in [5.74, 6) is -0.938. The molecule has 5 rings (SSSR count). The number of aryl methyl sites for hydroxylation is 1. The van der Waals surface area contributed by atoms with Gasteiger partial charge < -0.3 is 15.0 Å². The van der Waals surface area contributed by atoms with Gasteiger partial charge in [0, 0.05) is 35.1 Å². The Balaban J connectivity index is 1.53. The van der Waals surface area contributed by atoms with Crippen molar-refractivity contribution in [3.63, 3.8) is 0 Å². The van der Waals surface area contributed by atoms with Crippen LogP contribution in [0.5, 0.6) is 0 Å². The van der Waals surface area contributed by atoms with E-state index in [1.165, 1.54) is 6.42 Å². The van der Waals surface area contributed by atoms with Crippen LogP contribution in [0.15, 0.2) is 72.1 Å². The van der Waals surface area contributed by atoms with Crippen LogP contribution in [0, 0.1) is 0 Å². The second-order valence-electron chi connectivity index (χ2n) is 8.87. The zero-order valence-electron chi connectivity index (χ0n) is 18.1. The van der Waals surface area contributed by atoms with Gasteiger partial charge in [-0.1, -0.05) is 67.8 Å². The van der Waals surface area contributed by atoms with Gasteiger partial charge in [-0.15, -0.1) is 0 Å². The highest BCUT2D eigenvalue weighted by Gasteiger charge is 2.46. The summed E-state index contributed by atoms with van der Waals surface area (Å²) in [6.45, 7) is 0. The van der Waals surface area contributed by atoms with Gasteiger partial charge in [-0.2, -0.15) is 0 Å². The average molecular weight is 429 g/mol. The molecule has 1 aromatic heterocycles. The average Bonchev–Trinajstić information content (AvgIpc) is 3.37. The van der Waals surface area contributed by atoms with E-state index in [9.17, 15) is 14.7 Å². The molecule has 1 saturated carbocycles. The number of amides is 1. The molecule has 164 valence electrons. The summed E-state index contributed by atoms with van der Waals surface area (Å²) >= 11 is 0. The summed E-state index contributed by atoms with van der Waals surface area (Å²) in [4.78, 5) is 31.8. The number of ketones is 1. The number of nitrogens with zero attached hydrogens (tertiary/aromatic N) is 1. The maximum Gasteiger partial charge on any atom is 0.290 e. The lowest BCUT2D eigenvalue weighted by molar-refractivity contribution is -0.132. The van der Waals surface area contributed by atoms with Crippen LogP contribution in [-0.4, -0.2) is 32.7 Å². The van der Waals surface area contributed by atoms with Gasteiger partial charge in [-0.05, 0) is 30.9 Å². The summed E-state index contributed by atoms with van der Waals surface area (Å²) in [5, 5.41) is 11.9. The van der Waals surface area contributed by atoms with Gasteiger partial charge in [-0.3, -0.25) is 9.59 Å². The molecule has 0 saturated heterocycles. The van der Waals surface area contributed by atoms with Crippen molar-refractivity contribution in [2.24, 2.45) is 0 Å². The lowest BCUT2D eigenvalue weighted by atomic mass is 9.89. The third kappa shape index (κ3) is 3.62. The van der Waals surface area contributed by atoms with E-state index in [0.29, 0.717) is 6.42 Å². The summed E-state index contributed by atoms with van der Waals surface area (Å²) < 4.78 is 0. The molecule has 5 nitrogen and oxygen atoms in total. The second kappa shape index (κ2) is 8.65. The molecule has 1 aliphatic carbocycles. The number of aliphatic hydroxyl groups is 1. The molecule has 3 aromatic rings.